The van der Waals surface area contributed by atoms with Gasteiger partial charge in [0, 0.05) is 120 Å². The fourth-order valence-electron chi connectivity index (χ4n) is 0. The van der Waals surface area contributed by atoms with Gasteiger partial charge in [0.15, 0.2) is 0 Å². The Kier molecular flexibility index (Phi) is 183. The van der Waals surface area contributed by atoms with E-state index in [2.05, 4.69) is 0 Å². The minimum absolute atomic E-state index is 0. The first-order valence-corrected chi connectivity index (χ1v) is 0. The third kappa shape index (κ3) is 18.1. The van der Waals surface area contributed by atoms with Crippen molar-refractivity contribution in [1.82, 2.24) is 0 Å². The average molecular weight is 418 g/mol. The van der Waals surface area contributed by atoms with E-state index in [0.717, 1.165) is 0 Å². The molecule has 0 rings (SSSR count). The van der Waals surface area contributed by atoms with Gasteiger partial charge in [-0.1, -0.05) is 0 Å². The SMILES string of the molecule is [Co].[Nd].[Ni].[Zn].[Zr]. The minimum Gasteiger partial charge on any atom is 0 e. The molecule has 0 aliphatic heterocycles. The largest absolute Gasteiger partial charge is 0 e. The van der Waals surface area contributed by atoms with E-state index in [-0.39, 0.29) is 120 Å². The molecule has 0 aromatic carbocycles. The Labute approximate surface area is 117 Å². The molecule has 0 aliphatic carbocycles. The quantitative estimate of drug-likeness (QED) is 0.486. The molecule has 0 atom stereocenters. The maximum atomic E-state index is 0. The first kappa shape index (κ1) is 36.8. The van der Waals surface area contributed by atoms with Crippen LogP contribution in [0.25, 0.3) is 0 Å². The van der Waals surface area contributed by atoms with Gasteiger partial charge in [-0.05, 0) is 0 Å². The molecule has 0 saturated heterocycles. The molecule has 29 valence electrons. The normalized spacial score (nSPS) is 0. The van der Waals surface area contributed by atoms with E-state index in [4.69, 9.17) is 0 Å². The summed E-state index contributed by atoms with van der Waals surface area (Å²) in [4.78, 5) is 0. The van der Waals surface area contributed by atoms with Crippen molar-refractivity contribution in [2.24, 2.45) is 0 Å². The molecular formula is CoNdNiZnZr. The van der Waals surface area contributed by atoms with Crippen LogP contribution in [-0.2, 0) is 79.0 Å². The first-order chi connectivity index (χ1) is 0. The van der Waals surface area contributed by atoms with E-state index >= 15 is 0 Å². The molecule has 0 heterocycles. The number of hydrogen-bond acceptors (Lipinski definition) is 0. The Morgan fingerprint density at radius 1 is 1.00 bits per heavy atom. The summed E-state index contributed by atoms with van der Waals surface area (Å²) in [5.74, 6) is 0. The topological polar surface area (TPSA) is 0 Å². The summed E-state index contributed by atoms with van der Waals surface area (Å²) < 4.78 is 0. The summed E-state index contributed by atoms with van der Waals surface area (Å²) >= 11 is 0. The third-order valence-electron chi connectivity index (χ3n) is 0. The molecule has 0 nitrogen and oxygen atoms in total. The molecule has 1 radical (unpaired) electrons. The monoisotopic (exact) mass is 413 g/mol. The second-order valence-corrected chi connectivity index (χ2v) is 0. The van der Waals surface area contributed by atoms with Gasteiger partial charge in [-0.2, -0.15) is 0 Å². The molecule has 0 saturated carbocycles. The van der Waals surface area contributed by atoms with Crippen molar-refractivity contribution < 1.29 is 120 Å². The van der Waals surface area contributed by atoms with Gasteiger partial charge in [0.05, 0.1) is 0 Å². The van der Waals surface area contributed by atoms with Gasteiger partial charge in [0.1, 0.15) is 0 Å². The maximum absolute atomic E-state index is 0. The van der Waals surface area contributed by atoms with Gasteiger partial charge >= 0.3 is 0 Å². The van der Waals surface area contributed by atoms with Gasteiger partial charge < -0.3 is 0 Å². The standard InChI is InChI=1S/Co.Nd.Ni.Zn.Zr. The van der Waals surface area contributed by atoms with Crippen LogP contribution in [0, 0.1) is 40.8 Å². The van der Waals surface area contributed by atoms with Crippen LogP contribution in [0.15, 0.2) is 0 Å². The third-order valence-corrected chi connectivity index (χ3v) is 0. The summed E-state index contributed by atoms with van der Waals surface area (Å²) in [6.45, 7) is 0. The summed E-state index contributed by atoms with van der Waals surface area (Å²) in [5.41, 5.74) is 0. The Morgan fingerprint density at radius 2 is 1.00 bits per heavy atom. The van der Waals surface area contributed by atoms with Crippen LogP contribution in [0.5, 0.6) is 0 Å². The predicted octanol–water partition coefficient (Wildman–Crippen LogP) is -0.0100. The first-order valence-electron chi connectivity index (χ1n) is 0. The Hall–Kier alpha value is 3.86. The summed E-state index contributed by atoms with van der Waals surface area (Å²) in [7, 11) is 0. The van der Waals surface area contributed by atoms with Crippen molar-refractivity contribution in [2.75, 3.05) is 0 Å². The number of rotatable bonds is 0. The molecule has 0 bridgehead atoms. The van der Waals surface area contributed by atoms with E-state index in [1.165, 1.54) is 0 Å². The molecule has 0 unspecified atom stereocenters. The molecule has 0 aliphatic rings. The van der Waals surface area contributed by atoms with E-state index < -0.39 is 0 Å². The van der Waals surface area contributed by atoms with Gasteiger partial charge in [-0.3, -0.25) is 0 Å². The summed E-state index contributed by atoms with van der Waals surface area (Å²) in [6, 6.07) is 0. The van der Waals surface area contributed by atoms with Crippen molar-refractivity contribution in [3.8, 4) is 0 Å². The molecule has 5 heteroatoms. The van der Waals surface area contributed by atoms with Crippen LogP contribution in [0.1, 0.15) is 0 Å². The zero-order chi connectivity index (χ0) is 0. The molecule has 0 amide bonds. The Bertz CT molecular complexity index is 11.6. The smallest absolute Gasteiger partial charge is 0 e. The molecule has 0 aromatic heterocycles. The summed E-state index contributed by atoms with van der Waals surface area (Å²) in [5, 5.41) is 0. The van der Waals surface area contributed by atoms with E-state index in [9.17, 15) is 0 Å². The Balaban J connectivity index is 0. The van der Waals surface area contributed by atoms with Crippen molar-refractivity contribution in [1.29, 1.82) is 0 Å². The number of hydrogen-bond donors (Lipinski definition) is 0. The molecule has 0 aromatic rings. The maximum Gasteiger partial charge on any atom is 0 e. The molecule has 0 spiro atoms. The van der Waals surface area contributed by atoms with Crippen molar-refractivity contribution >= 4 is 0 Å². The zero-order valence-corrected chi connectivity index (χ0v) is 13.0. The molecule has 0 fully saturated rings. The van der Waals surface area contributed by atoms with Gasteiger partial charge in [0.2, 0.25) is 0 Å². The molecular weight excluding hydrogens is 418 g/mol. The zero-order valence-electron chi connectivity index (χ0n) is 2.36. The van der Waals surface area contributed by atoms with Crippen LogP contribution in [-0.4, -0.2) is 0 Å². The van der Waals surface area contributed by atoms with E-state index in [0.29, 0.717) is 0 Å². The van der Waals surface area contributed by atoms with Crippen molar-refractivity contribution in [3.05, 3.63) is 0 Å². The average Bonchev–Trinajstić information content (AvgIpc) is 0. The summed E-state index contributed by atoms with van der Waals surface area (Å²) in [6.07, 6.45) is 0. The fraction of sp³-hybridized carbons (Fsp3) is 0. The van der Waals surface area contributed by atoms with Crippen LogP contribution in [0.3, 0.4) is 0 Å². The van der Waals surface area contributed by atoms with Gasteiger partial charge in [-0.15, -0.1) is 0 Å². The van der Waals surface area contributed by atoms with Crippen LogP contribution >= 0.6 is 0 Å². The molecule has 5 heavy (non-hydrogen) atoms. The molecule has 0 N–H and O–H groups in total. The fourth-order valence-corrected chi connectivity index (χ4v) is 0. The Morgan fingerprint density at radius 3 is 1.00 bits per heavy atom. The van der Waals surface area contributed by atoms with Crippen LogP contribution in [0.2, 0.25) is 0 Å². The van der Waals surface area contributed by atoms with Crippen molar-refractivity contribution in [3.63, 3.8) is 0 Å². The van der Waals surface area contributed by atoms with E-state index in [1.807, 2.05) is 0 Å². The van der Waals surface area contributed by atoms with Crippen LogP contribution < -0.4 is 0 Å². The second kappa shape index (κ2) is 24.8. The van der Waals surface area contributed by atoms with E-state index in [1.54, 1.807) is 0 Å². The van der Waals surface area contributed by atoms with Crippen LogP contribution in [0.4, 0.5) is 0 Å². The van der Waals surface area contributed by atoms with Crippen molar-refractivity contribution in [2.45, 2.75) is 0 Å². The van der Waals surface area contributed by atoms with Gasteiger partial charge in [0.25, 0.3) is 0 Å². The predicted molar refractivity (Wildman–Crippen MR) is 0 cm³/mol. The second-order valence-electron chi connectivity index (χ2n) is 0. The minimum atomic E-state index is 0. The van der Waals surface area contributed by atoms with Gasteiger partial charge in [-0.25, -0.2) is 0 Å².